The predicted octanol–water partition coefficient (Wildman–Crippen LogP) is 3.22. The number of methoxy groups -OCH3 is 1. The monoisotopic (exact) mass is 477 g/mol. The van der Waals surface area contributed by atoms with Gasteiger partial charge in [0.1, 0.15) is 17.1 Å². The van der Waals surface area contributed by atoms with E-state index in [0.717, 1.165) is 11.1 Å². The van der Waals surface area contributed by atoms with Gasteiger partial charge < -0.3 is 23.5 Å². The summed E-state index contributed by atoms with van der Waals surface area (Å²) in [4.78, 5) is 43.0. The number of pyridine rings is 1. The Bertz CT molecular complexity index is 1280. The maximum atomic E-state index is 13.7. The highest BCUT2D eigenvalue weighted by molar-refractivity contribution is 5.98. The van der Waals surface area contributed by atoms with E-state index in [1.165, 1.54) is 13.2 Å². The lowest BCUT2D eigenvalue weighted by molar-refractivity contribution is -0.130. The molecule has 0 unspecified atom stereocenters. The number of hydrogen-bond acceptors (Lipinski definition) is 5. The van der Waals surface area contributed by atoms with Gasteiger partial charge in [0.05, 0.1) is 25.8 Å². The summed E-state index contributed by atoms with van der Waals surface area (Å²) in [5, 5.41) is 0. The SMILES string of the molecule is COc1cc(=O)n2c(c1C(=O)N(C)[C@H](C)c1ccco1)CCN(C(=O)Cc1ccccc1C)CC2. The Morgan fingerprint density at radius 2 is 1.91 bits per heavy atom. The minimum Gasteiger partial charge on any atom is -0.496 e. The average molecular weight is 478 g/mol. The van der Waals surface area contributed by atoms with Crippen molar-refractivity contribution in [3.63, 3.8) is 0 Å². The fourth-order valence-electron chi connectivity index (χ4n) is 4.55. The number of benzene rings is 1. The van der Waals surface area contributed by atoms with E-state index >= 15 is 0 Å². The number of furan rings is 1. The van der Waals surface area contributed by atoms with Crippen molar-refractivity contribution >= 4 is 11.8 Å². The molecule has 0 radical (unpaired) electrons. The van der Waals surface area contributed by atoms with Gasteiger partial charge in [0.2, 0.25) is 5.91 Å². The highest BCUT2D eigenvalue weighted by Gasteiger charge is 2.30. The third kappa shape index (κ3) is 4.87. The molecule has 35 heavy (non-hydrogen) atoms. The lowest BCUT2D eigenvalue weighted by Crippen LogP contribution is -2.35. The molecule has 0 fully saturated rings. The number of amides is 2. The van der Waals surface area contributed by atoms with Crippen molar-refractivity contribution in [2.45, 2.75) is 39.3 Å². The van der Waals surface area contributed by atoms with Gasteiger partial charge in [0.25, 0.3) is 11.5 Å². The molecule has 3 aromatic rings. The van der Waals surface area contributed by atoms with Gasteiger partial charge in [-0.1, -0.05) is 24.3 Å². The summed E-state index contributed by atoms with van der Waals surface area (Å²) < 4.78 is 12.6. The van der Waals surface area contributed by atoms with Gasteiger partial charge in [-0.2, -0.15) is 0 Å². The van der Waals surface area contributed by atoms with E-state index in [1.54, 1.807) is 33.7 Å². The number of hydrogen-bond donors (Lipinski definition) is 0. The zero-order valence-electron chi connectivity index (χ0n) is 20.6. The van der Waals surface area contributed by atoms with Crippen LogP contribution in [0.3, 0.4) is 0 Å². The number of rotatable bonds is 6. The Hall–Kier alpha value is -3.81. The molecule has 184 valence electrons. The van der Waals surface area contributed by atoms with Crippen LogP contribution in [-0.2, 0) is 24.2 Å². The Morgan fingerprint density at radius 3 is 2.60 bits per heavy atom. The molecule has 1 aliphatic heterocycles. The molecule has 2 aromatic heterocycles. The maximum absolute atomic E-state index is 13.7. The smallest absolute Gasteiger partial charge is 0.259 e. The van der Waals surface area contributed by atoms with Gasteiger partial charge in [-0.3, -0.25) is 14.4 Å². The van der Waals surface area contributed by atoms with Gasteiger partial charge in [0, 0.05) is 44.9 Å². The lowest BCUT2D eigenvalue weighted by Gasteiger charge is -2.26. The summed E-state index contributed by atoms with van der Waals surface area (Å²) in [5.74, 6) is 0.633. The van der Waals surface area contributed by atoms with Crippen LogP contribution >= 0.6 is 0 Å². The third-order valence-electron chi connectivity index (χ3n) is 6.84. The molecule has 2 amide bonds. The minimum absolute atomic E-state index is 0.00329. The summed E-state index contributed by atoms with van der Waals surface area (Å²) in [6, 6.07) is 12.5. The molecule has 8 nitrogen and oxygen atoms in total. The number of nitrogens with zero attached hydrogens (tertiary/aromatic N) is 3. The zero-order chi connectivity index (χ0) is 25.1. The topological polar surface area (TPSA) is 85.0 Å². The largest absolute Gasteiger partial charge is 0.496 e. The van der Waals surface area contributed by atoms with E-state index in [9.17, 15) is 14.4 Å². The molecular formula is C27H31N3O5. The first-order chi connectivity index (χ1) is 16.8. The molecule has 0 saturated carbocycles. The zero-order valence-corrected chi connectivity index (χ0v) is 20.6. The summed E-state index contributed by atoms with van der Waals surface area (Å²) >= 11 is 0. The predicted molar refractivity (Wildman–Crippen MR) is 132 cm³/mol. The van der Waals surface area contributed by atoms with Gasteiger partial charge in [-0.25, -0.2) is 0 Å². The highest BCUT2D eigenvalue weighted by Crippen LogP contribution is 2.28. The third-order valence-corrected chi connectivity index (χ3v) is 6.84. The van der Waals surface area contributed by atoms with Crippen molar-refractivity contribution in [3.8, 4) is 5.75 Å². The number of aryl methyl sites for hydroxylation is 1. The van der Waals surface area contributed by atoms with Crippen LogP contribution in [0.15, 0.2) is 57.9 Å². The quantitative estimate of drug-likeness (QED) is 0.544. The Balaban J connectivity index is 1.62. The molecule has 1 atom stereocenters. The molecule has 1 aromatic carbocycles. The second-order valence-electron chi connectivity index (χ2n) is 8.87. The molecule has 0 spiro atoms. The molecule has 0 aliphatic carbocycles. The number of carbonyl (C=O) groups excluding carboxylic acids is 2. The van der Waals surface area contributed by atoms with E-state index in [4.69, 9.17) is 9.15 Å². The van der Waals surface area contributed by atoms with Crippen molar-refractivity contribution in [1.29, 1.82) is 0 Å². The van der Waals surface area contributed by atoms with Gasteiger partial charge >= 0.3 is 0 Å². The molecule has 0 N–H and O–H groups in total. The van der Waals surface area contributed by atoms with Crippen molar-refractivity contribution < 1.29 is 18.7 Å². The molecule has 3 heterocycles. The van der Waals surface area contributed by atoms with Crippen LogP contribution in [0.2, 0.25) is 0 Å². The second kappa shape index (κ2) is 10.2. The van der Waals surface area contributed by atoms with Crippen LogP contribution in [0.4, 0.5) is 0 Å². The van der Waals surface area contributed by atoms with Crippen molar-refractivity contribution in [3.05, 3.63) is 87.2 Å². The first-order valence-electron chi connectivity index (χ1n) is 11.7. The van der Waals surface area contributed by atoms with E-state index in [2.05, 4.69) is 0 Å². The van der Waals surface area contributed by atoms with E-state index in [1.807, 2.05) is 44.2 Å². The van der Waals surface area contributed by atoms with E-state index in [-0.39, 0.29) is 29.2 Å². The Labute approximate surface area is 204 Å². The van der Waals surface area contributed by atoms with E-state index in [0.29, 0.717) is 49.5 Å². The molecule has 0 saturated heterocycles. The molecule has 1 aliphatic rings. The molecular weight excluding hydrogens is 446 g/mol. The summed E-state index contributed by atoms with van der Waals surface area (Å²) in [7, 11) is 3.15. The average Bonchev–Trinajstić information content (AvgIpc) is 3.30. The van der Waals surface area contributed by atoms with Gasteiger partial charge in [-0.05, 0) is 37.1 Å². The van der Waals surface area contributed by atoms with Gasteiger partial charge in [-0.15, -0.1) is 0 Å². The minimum atomic E-state index is -0.312. The number of aromatic nitrogens is 1. The van der Waals surface area contributed by atoms with Crippen LogP contribution in [0, 0.1) is 6.92 Å². The van der Waals surface area contributed by atoms with Crippen molar-refractivity contribution in [2.24, 2.45) is 0 Å². The lowest BCUT2D eigenvalue weighted by atomic mass is 10.0. The van der Waals surface area contributed by atoms with Crippen molar-refractivity contribution in [2.75, 3.05) is 27.2 Å². The van der Waals surface area contributed by atoms with E-state index < -0.39 is 0 Å². The van der Waals surface area contributed by atoms with Crippen molar-refractivity contribution in [1.82, 2.24) is 14.4 Å². The second-order valence-corrected chi connectivity index (χ2v) is 8.87. The standard InChI is InChI=1S/C27H31N3O5/c1-18-8-5-6-9-20(18)16-24(31)29-12-11-21-26(23(34-4)17-25(32)30(21)14-13-29)27(33)28(3)19(2)22-10-7-15-35-22/h5-10,15,17,19H,11-14,16H2,1-4H3/t19-/m1/s1. The summed E-state index contributed by atoms with van der Waals surface area (Å²) in [5.41, 5.74) is 2.75. The van der Waals surface area contributed by atoms with Crippen LogP contribution in [0.25, 0.3) is 0 Å². The first-order valence-corrected chi connectivity index (χ1v) is 11.7. The Morgan fingerprint density at radius 1 is 1.14 bits per heavy atom. The van der Waals surface area contributed by atoms with Crippen LogP contribution in [-0.4, -0.2) is 53.4 Å². The van der Waals surface area contributed by atoms with Crippen LogP contribution in [0.5, 0.6) is 5.75 Å². The maximum Gasteiger partial charge on any atom is 0.259 e. The summed E-state index contributed by atoms with van der Waals surface area (Å²) in [6.45, 7) is 4.99. The fraction of sp³-hybridized carbons (Fsp3) is 0.370. The number of carbonyl (C=O) groups is 2. The fourth-order valence-corrected chi connectivity index (χ4v) is 4.55. The first kappa shape index (κ1) is 24.3. The molecule has 0 bridgehead atoms. The highest BCUT2D eigenvalue weighted by atomic mass is 16.5. The van der Waals surface area contributed by atoms with Gasteiger partial charge in [0.15, 0.2) is 0 Å². The Kier molecular flexibility index (Phi) is 7.10. The van der Waals surface area contributed by atoms with Crippen LogP contribution in [0.1, 0.15) is 45.9 Å². The van der Waals surface area contributed by atoms with Crippen LogP contribution < -0.4 is 10.3 Å². The molecule has 8 heteroatoms. The number of ether oxygens (including phenoxy) is 1. The normalized spacial score (nSPS) is 14.1. The number of fused-ring (bicyclic) bond motifs is 1. The molecule has 4 rings (SSSR count). The summed E-state index contributed by atoms with van der Waals surface area (Å²) in [6.07, 6.45) is 2.24.